The number of ether oxygens (including phenoxy) is 1. The van der Waals surface area contributed by atoms with Gasteiger partial charge >= 0.3 is 18.3 Å². The van der Waals surface area contributed by atoms with Crippen molar-refractivity contribution in [3.8, 4) is 0 Å². The van der Waals surface area contributed by atoms with Crippen LogP contribution in [-0.4, -0.2) is 33.6 Å². The Bertz CT molecular complexity index is 1760. The molecule has 1 atom stereocenters. The van der Waals surface area contributed by atoms with Gasteiger partial charge in [0.15, 0.2) is 5.69 Å². The first-order valence-corrected chi connectivity index (χ1v) is 13.9. The number of carbonyl (C=O) groups excluding carboxylic acids is 3. The summed E-state index contributed by atoms with van der Waals surface area (Å²) in [6.07, 6.45) is -10.2. The minimum absolute atomic E-state index is 0.0161. The molecule has 0 bridgehead atoms. The molecule has 15 heteroatoms. The van der Waals surface area contributed by atoms with Crippen molar-refractivity contribution in [3.05, 3.63) is 117 Å². The van der Waals surface area contributed by atoms with E-state index in [2.05, 4.69) is 15.7 Å². The average Bonchev–Trinajstić information content (AvgIpc) is 3.43. The van der Waals surface area contributed by atoms with E-state index in [1.54, 1.807) is 30.3 Å². The second-order valence-corrected chi connectivity index (χ2v) is 10.5. The molecule has 0 aliphatic carbocycles. The number of aromatic nitrogens is 2. The van der Waals surface area contributed by atoms with E-state index in [0.29, 0.717) is 5.56 Å². The summed E-state index contributed by atoms with van der Waals surface area (Å²) in [5.41, 5.74) is -2.15. The number of alkyl halides is 6. The van der Waals surface area contributed by atoms with Crippen LogP contribution in [0.5, 0.6) is 0 Å². The molecule has 0 fully saturated rings. The third-order valence-corrected chi connectivity index (χ3v) is 6.96. The zero-order chi connectivity index (χ0) is 33.8. The second kappa shape index (κ2) is 13.6. The monoisotopic (exact) mass is 666 g/mol. The third-order valence-electron chi connectivity index (χ3n) is 6.64. The summed E-state index contributed by atoms with van der Waals surface area (Å²) < 4.78 is 84.7. The van der Waals surface area contributed by atoms with Gasteiger partial charge in [0.1, 0.15) is 18.3 Å². The highest BCUT2D eigenvalue weighted by Crippen LogP contribution is 2.35. The minimum atomic E-state index is -5.08. The normalized spacial score (nSPS) is 12.4. The second-order valence-electron chi connectivity index (χ2n) is 10.1. The Morgan fingerprint density at radius 2 is 1.59 bits per heavy atom. The Labute approximate surface area is 263 Å². The number of halogens is 7. The maximum absolute atomic E-state index is 13.4. The minimum Gasteiger partial charge on any atom is -0.459 e. The molecule has 46 heavy (non-hydrogen) atoms. The quantitative estimate of drug-likeness (QED) is 0.147. The van der Waals surface area contributed by atoms with E-state index in [1.165, 1.54) is 50.2 Å². The van der Waals surface area contributed by atoms with Crippen molar-refractivity contribution in [1.82, 2.24) is 15.1 Å². The molecule has 0 radical (unpaired) electrons. The Balaban J connectivity index is 1.48. The number of benzene rings is 3. The predicted molar refractivity (Wildman–Crippen MR) is 155 cm³/mol. The average molecular weight is 667 g/mol. The van der Waals surface area contributed by atoms with Crippen molar-refractivity contribution in [2.24, 2.45) is 0 Å². The highest BCUT2D eigenvalue weighted by molar-refractivity contribution is 6.35. The van der Waals surface area contributed by atoms with E-state index in [4.69, 9.17) is 16.3 Å². The molecule has 1 heterocycles. The zero-order valence-corrected chi connectivity index (χ0v) is 24.8. The van der Waals surface area contributed by atoms with Crippen LogP contribution in [0.1, 0.15) is 55.7 Å². The molecule has 0 saturated heterocycles. The van der Waals surface area contributed by atoms with Crippen LogP contribution >= 0.6 is 11.6 Å². The number of nitrogens with one attached hydrogen (secondary N) is 2. The summed E-state index contributed by atoms with van der Waals surface area (Å²) in [6, 6.07) is 15.9. The van der Waals surface area contributed by atoms with Crippen molar-refractivity contribution in [1.29, 1.82) is 0 Å². The first-order chi connectivity index (χ1) is 21.5. The molecule has 0 saturated carbocycles. The molecule has 2 amide bonds. The molecule has 4 rings (SSSR count). The van der Waals surface area contributed by atoms with Gasteiger partial charge in [-0.05, 0) is 48.7 Å². The van der Waals surface area contributed by atoms with Crippen molar-refractivity contribution < 1.29 is 45.5 Å². The lowest BCUT2D eigenvalue weighted by molar-refractivity contribution is -0.147. The summed E-state index contributed by atoms with van der Waals surface area (Å²) in [4.78, 5) is 38.9. The predicted octanol–water partition coefficient (Wildman–Crippen LogP) is 7.04. The molecule has 0 aliphatic rings. The van der Waals surface area contributed by atoms with Gasteiger partial charge in [-0.25, -0.2) is 4.79 Å². The topological polar surface area (TPSA) is 102 Å². The molecule has 3 aromatic carbocycles. The van der Waals surface area contributed by atoms with Crippen LogP contribution in [0.25, 0.3) is 0 Å². The molecular weight excluding hydrogens is 642 g/mol. The van der Waals surface area contributed by atoms with Crippen LogP contribution in [0.3, 0.4) is 0 Å². The highest BCUT2D eigenvalue weighted by Gasteiger charge is 2.41. The number of anilines is 1. The van der Waals surface area contributed by atoms with Crippen molar-refractivity contribution in [2.45, 2.75) is 45.4 Å². The van der Waals surface area contributed by atoms with E-state index >= 15 is 0 Å². The summed E-state index contributed by atoms with van der Waals surface area (Å²) in [6.45, 7) is 2.27. The van der Waals surface area contributed by atoms with Gasteiger partial charge in [0.25, 0.3) is 11.8 Å². The van der Waals surface area contributed by atoms with Gasteiger partial charge in [-0.15, -0.1) is 0 Å². The molecule has 0 aliphatic heterocycles. The SMILES string of the molecule is Cc1cc(Cn2nc(C(F)(F)F)cc2C(F)(F)F)ccc1NC(=O)c1cccc(Cl)c1C(=O)NC(C)C(=O)OCc1ccccc1. The molecule has 1 unspecified atom stereocenters. The van der Waals surface area contributed by atoms with E-state index in [0.717, 1.165) is 5.56 Å². The maximum atomic E-state index is 13.4. The van der Waals surface area contributed by atoms with Crippen LogP contribution in [0.2, 0.25) is 5.02 Å². The van der Waals surface area contributed by atoms with Gasteiger partial charge in [0.05, 0.1) is 22.7 Å². The number of aryl methyl sites for hydroxylation is 1. The van der Waals surface area contributed by atoms with E-state index < -0.39 is 54.1 Å². The number of rotatable bonds is 9. The van der Waals surface area contributed by atoms with E-state index in [9.17, 15) is 40.7 Å². The van der Waals surface area contributed by atoms with Crippen molar-refractivity contribution in [2.75, 3.05) is 5.32 Å². The Kier molecular flexibility index (Phi) is 10.1. The van der Waals surface area contributed by atoms with Crippen LogP contribution in [0.15, 0.2) is 72.8 Å². The lowest BCUT2D eigenvalue weighted by Crippen LogP contribution is -2.40. The van der Waals surface area contributed by atoms with E-state index in [1.807, 2.05) is 0 Å². The van der Waals surface area contributed by atoms with Crippen LogP contribution in [0, 0.1) is 6.92 Å². The molecule has 1 aromatic heterocycles. The van der Waals surface area contributed by atoms with Crippen LogP contribution in [-0.2, 0) is 35.0 Å². The number of carbonyl (C=O) groups is 3. The van der Waals surface area contributed by atoms with Gasteiger partial charge < -0.3 is 15.4 Å². The fourth-order valence-electron chi connectivity index (χ4n) is 4.36. The zero-order valence-electron chi connectivity index (χ0n) is 24.1. The largest absolute Gasteiger partial charge is 0.459 e. The fourth-order valence-corrected chi connectivity index (χ4v) is 4.62. The number of esters is 1. The lowest BCUT2D eigenvalue weighted by Gasteiger charge is -2.17. The number of hydrogen-bond donors (Lipinski definition) is 2. The van der Waals surface area contributed by atoms with Gasteiger partial charge in [0.2, 0.25) is 0 Å². The van der Waals surface area contributed by atoms with Gasteiger partial charge in [-0.1, -0.05) is 60.1 Å². The number of amides is 2. The van der Waals surface area contributed by atoms with E-state index in [-0.39, 0.29) is 44.8 Å². The first-order valence-electron chi connectivity index (χ1n) is 13.5. The van der Waals surface area contributed by atoms with Crippen molar-refractivity contribution in [3.63, 3.8) is 0 Å². The summed E-state index contributed by atoms with van der Waals surface area (Å²) in [5, 5.41) is 8.07. The Hall–Kier alpha value is -4.85. The highest BCUT2D eigenvalue weighted by atomic mass is 35.5. The van der Waals surface area contributed by atoms with Gasteiger partial charge in [-0.2, -0.15) is 31.4 Å². The van der Waals surface area contributed by atoms with Gasteiger partial charge in [-0.3, -0.25) is 14.3 Å². The summed E-state index contributed by atoms with van der Waals surface area (Å²) >= 11 is 6.26. The van der Waals surface area contributed by atoms with Crippen LogP contribution in [0.4, 0.5) is 32.0 Å². The maximum Gasteiger partial charge on any atom is 0.435 e. The number of hydrogen-bond acceptors (Lipinski definition) is 5. The summed E-state index contributed by atoms with van der Waals surface area (Å²) in [7, 11) is 0. The van der Waals surface area contributed by atoms with Gasteiger partial charge in [0, 0.05) is 11.8 Å². The number of nitrogens with zero attached hydrogens (tertiary/aromatic N) is 2. The molecule has 2 N–H and O–H groups in total. The lowest BCUT2D eigenvalue weighted by atomic mass is 10.0. The third kappa shape index (κ3) is 8.24. The molecule has 8 nitrogen and oxygen atoms in total. The standard InChI is InChI=1S/C31H25ClF6N4O4/c1-17-13-20(15-42-25(31(36,37)38)14-24(41-42)30(33,34)35)11-12-23(17)40-27(43)21-9-6-10-22(32)26(21)28(44)39-18(2)29(45)46-16-19-7-4-3-5-8-19/h3-14,18H,15-16H2,1-2H3,(H,39,44)(H,40,43). The molecular formula is C31H25ClF6N4O4. The first kappa shape index (κ1) is 34.0. The Morgan fingerprint density at radius 1 is 0.891 bits per heavy atom. The molecule has 242 valence electrons. The molecule has 0 spiro atoms. The van der Waals surface area contributed by atoms with Crippen LogP contribution < -0.4 is 10.6 Å². The smallest absolute Gasteiger partial charge is 0.435 e. The summed E-state index contributed by atoms with van der Waals surface area (Å²) in [5.74, 6) is -2.33. The van der Waals surface area contributed by atoms with Crippen molar-refractivity contribution >= 4 is 35.1 Å². The fraction of sp³-hybridized carbons (Fsp3) is 0.226. The Morgan fingerprint density at radius 3 is 2.22 bits per heavy atom. The molecule has 4 aromatic rings.